The summed E-state index contributed by atoms with van der Waals surface area (Å²) in [6.45, 7) is 0. The van der Waals surface area contributed by atoms with Crippen LogP contribution in [0, 0.1) is 5.92 Å². The molecule has 8 nitrogen and oxygen atoms in total. The van der Waals surface area contributed by atoms with Gasteiger partial charge in [-0.3, -0.25) is 9.59 Å². The molecule has 0 bridgehead atoms. The molecule has 1 N–H and O–H groups in total. The first-order chi connectivity index (χ1) is 22.4. The molecule has 2 heterocycles. The largest absolute Gasteiger partial charge is 0.495 e. The van der Waals surface area contributed by atoms with E-state index in [4.69, 9.17) is 42.2 Å². The molecule has 2 aromatic heterocycles. The fourth-order valence-electron chi connectivity index (χ4n) is 5.72. The molecule has 2 unspecified atom stereocenters. The van der Waals surface area contributed by atoms with Gasteiger partial charge in [0.2, 0.25) is 11.7 Å². The van der Waals surface area contributed by atoms with Gasteiger partial charge in [0.05, 0.1) is 41.3 Å². The molecular formula is C36H27Cl2N3O5. The lowest BCUT2D eigenvalue weighted by Crippen LogP contribution is -2.16. The minimum atomic E-state index is -0.411. The number of methoxy groups -OCH3 is 2. The van der Waals surface area contributed by atoms with E-state index < -0.39 is 5.78 Å². The number of hydrogen-bond acceptors (Lipinski definition) is 6. The third kappa shape index (κ3) is 5.40. The highest BCUT2D eigenvalue weighted by atomic mass is 35.5. The van der Waals surface area contributed by atoms with E-state index in [1.54, 1.807) is 31.4 Å². The van der Waals surface area contributed by atoms with Crippen molar-refractivity contribution in [2.45, 2.75) is 12.3 Å². The number of benzene rings is 4. The fraction of sp³-hybridized carbons (Fsp3) is 0.139. The minimum Gasteiger partial charge on any atom is -0.495 e. The van der Waals surface area contributed by atoms with E-state index >= 15 is 0 Å². The smallest absolute Gasteiger partial charge is 0.230 e. The number of carbonyl (C=O) groups excluding carboxylic acids is 2. The van der Waals surface area contributed by atoms with Crippen molar-refractivity contribution < 1.29 is 23.5 Å². The van der Waals surface area contributed by atoms with E-state index in [2.05, 4.69) is 5.32 Å². The third-order valence-corrected chi connectivity index (χ3v) is 8.77. The Morgan fingerprint density at radius 1 is 0.891 bits per heavy atom. The van der Waals surface area contributed by atoms with Crippen molar-refractivity contribution >= 4 is 51.5 Å². The van der Waals surface area contributed by atoms with E-state index in [-0.39, 0.29) is 23.5 Å². The van der Waals surface area contributed by atoms with E-state index in [9.17, 15) is 9.59 Å². The van der Waals surface area contributed by atoms with Crippen molar-refractivity contribution in [1.82, 2.24) is 9.78 Å². The van der Waals surface area contributed by atoms with Crippen LogP contribution in [0.4, 0.5) is 5.69 Å². The molecule has 1 saturated carbocycles. The number of ketones is 1. The number of halogens is 2. The molecule has 0 radical (unpaired) electrons. The molecule has 0 saturated heterocycles. The summed E-state index contributed by atoms with van der Waals surface area (Å²) < 4.78 is 18.4. The van der Waals surface area contributed by atoms with Gasteiger partial charge in [0.15, 0.2) is 5.76 Å². The van der Waals surface area contributed by atoms with Crippen LogP contribution in [-0.4, -0.2) is 35.7 Å². The summed E-state index contributed by atoms with van der Waals surface area (Å²) in [7, 11) is 3.07. The number of para-hydroxylation sites is 2. The van der Waals surface area contributed by atoms with Crippen molar-refractivity contribution in [1.29, 1.82) is 0 Å². The second-order valence-corrected chi connectivity index (χ2v) is 11.8. The standard InChI is InChI=1S/C36H27Cl2N3O5/c1-44-30-14-12-20(16-27(30)37)32-26(19-41(40-32)22-8-4-3-5-9-22)24-18-25(24)36(43)39-33-23-10-6-7-11-29(23)46-35(33)34(42)21-13-15-31(45-2)28(38)17-21/h3-17,19,24-25H,18H2,1-2H3,(H,39,43). The number of nitrogens with one attached hydrogen (secondary N) is 1. The number of carbonyl (C=O) groups is 2. The number of amides is 1. The molecule has 1 aliphatic rings. The van der Waals surface area contributed by atoms with Crippen LogP contribution in [0.3, 0.4) is 0 Å². The third-order valence-electron chi connectivity index (χ3n) is 8.18. The topological polar surface area (TPSA) is 95.6 Å². The maximum Gasteiger partial charge on any atom is 0.230 e. The number of rotatable bonds is 9. The fourth-order valence-corrected chi connectivity index (χ4v) is 6.24. The summed E-state index contributed by atoms with van der Waals surface area (Å²) >= 11 is 12.8. The SMILES string of the molecule is COc1ccc(C(=O)c2oc3ccccc3c2NC(=O)C2CC2c2cn(-c3ccccc3)nc2-c2ccc(OC)c(Cl)c2)cc1Cl. The van der Waals surface area contributed by atoms with Crippen LogP contribution < -0.4 is 14.8 Å². The molecule has 0 aliphatic heterocycles. The van der Waals surface area contributed by atoms with E-state index in [1.165, 1.54) is 13.2 Å². The molecular weight excluding hydrogens is 625 g/mol. The van der Waals surface area contributed by atoms with Gasteiger partial charge in [-0.1, -0.05) is 53.5 Å². The molecule has 0 spiro atoms. The van der Waals surface area contributed by atoms with Crippen LogP contribution in [0.15, 0.2) is 102 Å². The summed E-state index contributed by atoms with van der Waals surface area (Å²) in [5, 5.41) is 9.33. The molecule has 10 heteroatoms. The van der Waals surface area contributed by atoms with Gasteiger partial charge >= 0.3 is 0 Å². The number of anilines is 1. The number of nitrogens with zero attached hydrogens (tertiary/aromatic N) is 2. The normalized spacial score (nSPS) is 15.5. The molecule has 7 rings (SSSR count). The van der Waals surface area contributed by atoms with E-state index in [1.807, 2.05) is 71.5 Å². The number of hydrogen-bond donors (Lipinski definition) is 1. The van der Waals surface area contributed by atoms with Crippen LogP contribution in [-0.2, 0) is 4.79 Å². The van der Waals surface area contributed by atoms with Gasteiger partial charge in [-0.05, 0) is 67.1 Å². The van der Waals surface area contributed by atoms with Crippen molar-refractivity contribution in [3.8, 4) is 28.4 Å². The van der Waals surface area contributed by atoms with Crippen LogP contribution in [0.25, 0.3) is 27.9 Å². The number of aromatic nitrogens is 2. The molecule has 1 amide bonds. The summed E-state index contributed by atoms with van der Waals surface area (Å²) in [6.07, 6.45) is 2.58. The first-order valence-corrected chi connectivity index (χ1v) is 15.3. The zero-order valence-corrected chi connectivity index (χ0v) is 26.3. The molecule has 1 aliphatic carbocycles. The Bertz CT molecular complexity index is 2120. The highest BCUT2D eigenvalue weighted by molar-refractivity contribution is 6.33. The minimum absolute atomic E-state index is 0.0263. The van der Waals surface area contributed by atoms with Gasteiger partial charge in [-0.25, -0.2) is 4.68 Å². The average Bonchev–Trinajstić information content (AvgIpc) is 3.62. The van der Waals surface area contributed by atoms with Crippen molar-refractivity contribution in [2.75, 3.05) is 19.5 Å². The van der Waals surface area contributed by atoms with Crippen LogP contribution >= 0.6 is 23.2 Å². The maximum absolute atomic E-state index is 13.8. The van der Waals surface area contributed by atoms with Gasteiger partial charge in [0, 0.05) is 40.1 Å². The van der Waals surface area contributed by atoms with Gasteiger partial charge < -0.3 is 19.2 Å². The Kier molecular flexibility index (Phi) is 7.76. The highest BCUT2D eigenvalue weighted by Crippen LogP contribution is 2.51. The Balaban J connectivity index is 1.21. The maximum atomic E-state index is 13.8. The number of furan rings is 1. The van der Waals surface area contributed by atoms with Crippen molar-refractivity contribution in [3.05, 3.63) is 124 Å². The predicted octanol–water partition coefficient (Wildman–Crippen LogP) is 8.58. The lowest BCUT2D eigenvalue weighted by Gasteiger charge is -2.08. The Morgan fingerprint density at radius 3 is 2.30 bits per heavy atom. The highest BCUT2D eigenvalue weighted by Gasteiger charge is 2.46. The first kappa shape index (κ1) is 29.6. The number of fused-ring (bicyclic) bond motifs is 1. The monoisotopic (exact) mass is 651 g/mol. The van der Waals surface area contributed by atoms with Gasteiger partial charge in [-0.2, -0.15) is 5.10 Å². The predicted molar refractivity (Wildman–Crippen MR) is 178 cm³/mol. The average molecular weight is 653 g/mol. The van der Waals surface area contributed by atoms with Crippen LogP contribution in [0.1, 0.15) is 34.0 Å². The Morgan fingerprint density at radius 2 is 1.59 bits per heavy atom. The van der Waals surface area contributed by atoms with Gasteiger partial charge in [0.1, 0.15) is 17.1 Å². The second-order valence-electron chi connectivity index (χ2n) is 11.0. The molecule has 4 aromatic carbocycles. The summed E-state index contributed by atoms with van der Waals surface area (Å²) in [5.41, 5.74) is 4.47. The van der Waals surface area contributed by atoms with Crippen LogP contribution in [0.2, 0.25) is 10.0 Å². The zero-order valence-electron chi connectivity index (χ0n) is 24.8. The second kappa shape index (κ2) is 12.0. The van der Waals surface area contributed by atoms with Crippen LogP contribution in [0.5, 0.6) is 11.5 Å². The molecule has 1 fully saturated rings. The lowest BCUT2D eigenvalue weighted by molar-refractivity contribution is -0.117. The van der Waals surface area contributed by atoms with Crippen molar-refractivity contribution in [2.24, 2.45) is 5.92 Å². The molecule has 46 heavy (non-hydrogen) atoms. The Hall–Kier alpha value is -5.05. The summed E-state index contributed by atoms with van der Waals surface area (Å²) in [5.74, 6) is -0.0519. The molecule has 6 aromatic rings. The lowest BCUT2D eigenvalue weighted by atomic mass is 10.0. The number of ether oxygens (including phenoxy) is 2. The quantitative estimate of drug-likeness (QED) is 0.157. The van der Waals surface area contributed by atoms with E-state index in [0.717, 1.165) is 22.5 Å². The Labute approximate surface area is 274 Å². The zero-order chi connectivity index (χ0) is 31.9. The van der Waals surface area contributed by atoms with E-state index in [0.29, 0.717) is 50.2 Å². The van der Waals surface area contributed by atoms with Gasteiger partial charge in [0.25, 0.3) is 0 Å². The molecule has 2 atom stereocenters. The van der Waals surface area contributed by atoms with Crippen molar-refractivity contribution in [3.63, 3.8) is 0 Å². The summed E-state index contributed by atoms with van der Waals surface area (Å²) in [4.78, 5) is 27.5. The molecule has 230 valence electrons. The van der Waals surface area contributed by atoms with Gasteiger partial charge in [-0.15, -0.1) is 0 Å². The first-order valence-electron chi connectivity index (χ1n) is 14.6. The summed E-state index contributed by atoms with van der Waals surface area (Å²) in [6, 6.07) is 27.3.